The molecule has 0 unspecified atom stereocenters. The normalized spacial score (nSPS) is 11.0. The van der Waals surface area contributed by atoms with Crippen molar-refractivity contribution >= 4 is 12.0 Å². The number of hydrogen-bond donors (Lipinski definition) is 1. The Hall–Kier alpha value is -3.00. The van der Waals surface area contributed by atoms with Crippen LogP contribution in [0.2, 0.25) is 0 Å². The molecule has 2 aromatic carbocycles. The molecule has 8 heteroatoms. The summed E-state index contributed by atoms with van der Waals surface area (Å²) >= 11 is 0. The van der Waals surface area contributed by atoms with Gasteiger partial charge >= 0.3 is 0 Å². The first kappa shape index (κ1) is 31.0. The summed E-state index contributed by atoms with van der Waals surface area (Å²) in [5, 5.41) is 37.6. The van der Waals surface area contributed by atoms with Gasteiger partial charge in [0.1, 0.15) is 5.82 Å². The van der Waals surface area contributed by atoms with Crippen LogP contribution in [0, 0.1) is 0 Å². The zero-order valence-corrected chi connectivity index (χ0v) is 21.7. The van der Waals surface area contributed by atoms with E-state index >= 15 is 0 Å². The standard InChI is InChI=1S/C20H27N3O.C6H6O2.O.V/c1-19(2,3)15-11-14(18(24)16(12-15)20(4,5)6)13-22-23-17-9-7-8-10-21-17;7-5-3-1-2-4-6(5)8;;/h7-13,24H,1-6H3,(H,21,23);1-4,7-8H;;/q;;-2;/p-3/b22-13+;;;. The van der Waals surface area contributed by atoms with Gasteiger partial charge < -0.3 is 20.8 Å². The number of para-hydroxylation sites is 2. The molecule has 0 aliphatic rings. The van der Waals surface area contributed by atoms with Gasteiger partial charge in [0.2, 0.25) is 0 Å². The summed E-state index contributed by atoms with van der Waals surface area (Å²) < 4.78 is 0. The molecule has 1 heterocycles. The molecule has 0 saturated heterocycles. The molecule has 7 nitrogen and oxygen atoms in total. The number of rotatable bonds is 3. The van der Waals surface area contributed by atoms with Crippen LogP contribution < -0.4 is 20.7 Å². The van der Waals surface area contributed by atoms with Crippen molar-refractivity contribution in [3.05, 3.63) is 77.5 Å². The maximum absolute atomic E-state index is 12.8. The van der Waals surface area contributed by atoms with E-state index in [1.54, 1.807) is 24.5 Å². The first-order chi connectivity index (χ1) is 14.9. The van der Waals surface area contributed by atoms with E-state index in [-0.39, 0.29) is 40.6 Å². The first-order valence-corrected chi connectivity index (χ1v) is 10.4. The monoisotopic (exact) mass is 499 g/mol. The fraction of sp³-hybridized carbons (Fsp3) is 0.308. The van der Waals surface area contributed by atoms with Crippen molar-refractivity contribution in [3.8, 4) is 17.2 Å². The minimum absolute atomic E-state index is 0. The molecule has 3 rings (SSSR count). The molecule has 0 aliphatic carbocycles. The maximum Gasteiger partial charge on any atom is 0.146 e. The number of hydrazone groups is 1. The average molecular weight is 499 g/mol. The summed E-state index contributed by atoms with van der Waals surface area (Å²) in [6, 6.07) is 15.1. The fourth-order valence-corrected chi connectivity index (χ4v) is 2.78. The van der Waals surface area contributed by atoms with Gasteiger partial charge in [-0.05, 0) is 39.7 Å². The molecule has 1 radical (unpaired) electrons. The summed E-state index contributed by atoms with van der Waals surface area (Å²) in [4.78, 5) is 4.14. The van der Waals surface area contributed by atoms with Gasteiger partial charge in [0.25, 0.3) is 0 Å². The maximum atomic E-state index is 12.8. The van der Waals surface area contributed by atoms with Crippen LogP contribution in [-0.2, 0) is 34.9 Å². The number of pyridine rings is 1. The Morgan fingerprint density at radius 1 is 0.824 bits per heavy atom. The van der Waals surface area contributed by atoms with E-state index in [0.717, 1.165) is 11.1 Å². The molecule has 0 atom stereocenters. The Kier molecular flexibility index (Phi) is 11.9. The van der Waals surface area contributed by atoms with Crippen molar-refractivity contribution in [2.45, 2.75) is 52.4 Å². The number of hydrogen-bond acceptors (Lipinski definition) is 6. The van der Waals surface area contributed by atoms with Crippen LogP contribution in [0.15, 0.2) is 65.9 Å². The molecule has 0 aliphatic heterocycles. The second-order valence-corrected chi connectivity index (χ2v) is 9.47. The fourth-order valence-electron chi connectivity index (χ4n) is 2.78. The van der Waals surface area contributed by atoms with Gasteiger partial charge in [-0.1, -0.05) is 89.8 Å². The van der Waals surface area contributed by atoms with Crippen molar-refractivity contribution in [3.63, 3.8) is 0 Å². The zero-order chi connectivity index (χ0) is 23.9. The number of nitrogens with one attached hydrogen (secondary N) is 1. The predicted molar refractivity (Wildman–Crippen MR) is 125 cm³/mol. The largest absolute Gasteiger partial charge is 2.00 e. The molecule has 1 aromatic heterocycles. The predicted octanol–water partition coefficient (Wildman–Crippen LogP) is 3.91. The van der Waals surface area contributed by atoms with Crippen LogP contribution >= 0.6 is 0 Å². The Balaban J connectivity index is 0.000000927. The molecule has 1 N–H and O–H groups in total. The van der Waals surface area contributed by atoms with Gasteiger partial charge in [-0.2, -0.15) is 5.10 Å². The van der Waals surface area contributed by atoms with Crippen LogP contribution in [0.5, 0.6) is 17.2 Å². The molecule has 0 bridgehead atoms. The van der Waals surface area contributed by atoms with Crippen molar-refractivity contribution in [1.29, 1.82) is 0 Å². The SMILES string of the molecule is CC(C)(C)c1cc(/C=N/Nc2ccccn2)c([O-])c(C(C)(C)C)c1.[O-2].[O-]c1ccccc1[O-].[V]. The van der Waals surface area contributed by atoms with E-state index in [4.69, 9.17) is 0 Å². The summed E-state index contributed by atoms with van der Waals surface area (Å²) in [6.45, 7) is 12.6. The number of nitrogens with zero attached hydrogens (tertiary/aromatic N) is 2. The molecule has 0 fully saturated rings. The Labute approximate surface area is 213 Å². The van der Waals surface area contributed by atoms with E-state index in [1.807, 2.05) is 30.3 Å². The van der Waals surface area contributed by atoms with Crippen LogP contribution in [0.1, 0.15) is 58.2 Å². The van der Waals surface area contributed by atoms with E-state index in [0.29, 0.717) is 11.4 Å². The van der Waals surface area contributed by atoms with Gasteiger partial charge in [0, 0.05) is 24.8 Å². The van der Waals surface area contributed by atoms with Crippen molar-refractivity contribution in [1.82, 2.24) is 4.98 Å². The Bertz CT molecular complexity index is 1040. The van der Waals surface area contributed by atoms with Crippen molar-refractivity contribution in [2.24, 2.45) is 5.10 Å². The van der Waals surface area contributed by atoms with E-state index in [1.165, 1.54) is 12.1 Å². The van der Waals surface area contributed by atoms with E-state index < -0.39 is 11.5 Å². The van der Waals surface area contributed by atoms with Crippen LogP contribution in [-0.4, -0.2) is 11.2 Å². The van der Waals surface area contributed by atoms with Gasteiger partial charge in [0.05, 0.1) is 6.21 Å². The molecule has 34 heavy (non-hydrogen) atoms. The van der Waals surface area contributed by atoms with Gasteiger partial charge in [-0.15, -0.1) is 11.5 Å². The Morgan fingerprint density at radius 2 is 1.38 bits per heavy atom. The quantitative estimate of drug-likeness (QED) is 0.431. The van der Waals surface area contributed by atoms with Gasteiger partial charge in [-0.3, -0.25) is 5.43 Å². The summed E-state index contributed by atoms with van der Waals surface area (Å²) in [5.41, 5.74) is 5.14. The molecule has 183 valence electrons. The third kappa shape index (κ3) is 9.10. The third-order valence-corrected chi connectivity index (χ3v) is 4.69. The van der Waals surface area contributed by atoms with Gasteiger partial charge in [0.15, 0.2) is 0 Å². The average Bonchev–Trinajstić information content (AvgIpc) is 2.71. The molecular weight excluding hydrogens is 469 g/mol. The first-order valence-electron chi connectivity index (χ1n) is 10.4. The molecule has 0 spiro atoms. The van der Waals surface area contributed by atoms with E-state index in [9.17, 15) is 15.3 Å². The molecule has 0 amide bonds. The number of aromatic nitrogens is 1. The summed E-state index contributed by atoms with van der Waals surface area (Å²) in [5.74, 6) is -0.203. The molecule has 3 aromatic rings. The summed E-state index contributed by atoms with van der Waals surface area (Å²) in [6.07, 6.45) is 3.27. The van der Waals surface area contributed by atoms with Crippen molar-refractivity contribution in [2.75, 3.05) is 5.43 Å². The molecular formula is C26H30N3O4V-5. The Morgan fingerprint density at radius 3 is 1.82 bits per heavy atom. The molecule has 0 saturated carbocycles. The zero-order valence-electron chi connectivity index (χ0n) is 20.3. The van der Waals surface area contributed by atoms with Crippen LogP contribution in [0.25, 0.3) is 0 Å². The second kappa shape index (κ2) is 13.0. The van der Waals surface area contributed by atoms with Crippen LogP contribution in [0.4, 0.5) is 5.82 Å². The van der Waals surface area contributed by atoms with Crippen molar-refractivity contribution < 1.29 is 39.4 Å². The summed E-state index contributed by atoms with van der Waals surface area (Å²) in [7, 11) is 0. The van der Waals surface area contributed by atoms with Crippen LogP contribution in [0.3, 0.4) is 0 Å². The number of benzene rings is 2. The smallest absolute Gasteiger partial charge is 0.146 e. The minimum Gasteiger partial charge on any atom is -2.00 e. The second-order valence-electron chi connectivity index (χ2n) is 9.47. The number of anilines is 1. The minimum atomic E-state index is -0.437. The van der Waals surface area contributed by atoms with Gasteiger partial charge in [-0.25, -0.2) is 4.98 Å². The van der Waals surface area contributed by atoms with E-state index in [2.05, 4.69) is 57.1 Å². The topological polar surface area (TPSA) is 135 Å². The third-order valence-electron chi connectivity index (χ3n) is 4.69.